The van der Waals surface area contributed by atoms with Crippen LogP contribution >= 0.6 is 17.0 Å². The van der Waals surface area contributed by atoms with Gasteiger partial charge in [-0.05, 0) is 24.3 Å². The van der Waals surface area contributed by atoms with E-state index in [1.165, 1.54) is 54.5 Å². The van der Waals surface area contributed by atoms with Gasteiger partial charge in [0.1, 0.15) is 0 Å². The minimum absolute atomic E-state index is 0.672. The van der Waals surface area contributed by atoms with Crippen LogP contribution < -0.4 is 10.4 Å². The molecule has 0 saturated carbocycles. The molecule has 5 aromatic rings. The SMILES string of the molecule is CCc1cc2c(-c3ccccc3)c(CC(C)C)ccc2[cH-]1.[Cl][Zr+2][Cl].[c-]1cccc2c1[Si]c1ccccc1-2. The molecule has 4 heteroatoms. The first kappa shape index (κ1) is 28.2. The molecule has 1 aliphatic rings. The molecule has 0 amide bonds. The number of aryl methyl sites for hydroxylation is 1. The molecule has 5 aromatic carbocycles. The molecular formula is C33H30Cl2SiZr. The number of rotatable bonds is 4. The zero-order valence-electron chi connectivity index (χ0n) is 21.5. The van der Waals surface area contributed by atoms with Crippen molar-refractivity contribution < 1.29 is 20.8 Å². The second-order valence-corrected chi connectivity index (χ2v) is 14.5. The molecule has 0 unspecified atom stereocenters. The van der Waals surface area contributed by atoms with Crippen molar-refractivity contribution in [2.24, 2.45) is 5.92 Å². The number of fused-ring (bicyclic) bond motifs is 4. The molecule has 0 N–H and O–H groups in total. The van der Waals surface area contributed by atoms with E-state index < -0.39 is 20.8 Å². The zero-order chi connectivity index (χ0) is 26.2. The maximum atomic E-state index is 4.93. The average molecular weight is 617 g/mol. The summed E-state index contributed by atoms with van der Waals surface area (Å²) in [5.41, 5.74) is 8.44. The van der Waals surface area contributed by atoms with E-state index in [2.05, 4.69) is 118 Å². The van der Waals surface area contributed by atoms with E-state index in [4.69, 9.17) is 17.0 Å². The van der Waals surface area contributed by atoms with Crippen LogP contribution in [0.1, 0.15) is 31.9 Å². The first-order valence-corrected chi connectivity index (χ1v) is 20.0. The summed E-state index contributed by atoms with van der Waals surface area (Å²) in [5.74, 6) is 0.672. The molecule has 37 heavy (non-hydrogen) atoms. The molecule has 184 valence electrons. The fraction of sp³-hybridized carbons (Fsp3) is 0.182. The Morgan fingerprint density at radius 2 is 1.59 bits per heavy atom. The largest absolute Gasteiger partial charge is 0.184 e. The third kappa shape index (κ3) is 6.98. The van der Waals surface area contributed by atoms with Crippen LogP contribution in [0.2, 0.25) is 0 Å². The van der Waals surface area contributed by atoms with E-state index in [-0.39, 0.29) is 0 Å². The second-order valence-electron chi connectivity index (χ2n) is 9.48. The third-order valence-corrected chi connectivity index (χ3v) is 7.84. The summed E-state index contributed by atoms with van der Waals surface area (Å²) in [7, 11) is 10.7. The van der Waals surface area contributed by atoms with E-state index in [1.807, 2.05) is 6.07 Å². The van der Waals surface area contributed by atoms with Crippen molar-refractivity contribution >= 4 is 47.7 Å². The molecule has 0 fully saturated rings. The summed E-state index contributed by atoms with van der Waals surface area (Å²) in [4.78, 5) is 0. The molecule has 0 atom stereocenters. The molecule has 1 heterocycles. The quantitative estimate of drug-likeness (QED) is 0.138. The Morgan fingerprint density at radius 1 is 0.892 bits per heavy atom. The fourth-order valence-electron chi connectivity index (χ4n) is 4.88. The Bertz CT molecular complexity index is 1400. The van der Waals surface area contributed by atoms with Crippen molar-refractivity contribution in [3.8, 4) is 22.3 Å². The topological polar surface area (TPSA) is 0 Å². The summed E-state index contributed by atoms with van der Waals surface area (Å²) in [6.07, 6.45) is 2.23. The number of hydrogen-bond donors (Lipinski definition) is 0. The van der Waals surface area contributed by atoms with Crippen molar-refractivity contribution in [1.82, 2.24) is 0 Å². The van der Waals surface area contributed by atoms with Crippen LogP contribution in [0.3, 0.4) is 0 Å². The van der Waals surface area contributed by atoms with Gasteiger partial charge in [0.25, 0.3) is 0 Å². The summed E-state index contributed by atoms with van der Waals surface area (Å²) >= 11 is -0.826. The van der Waals surface area contributed by atoms with Crippen LogP contribution in [-0.2, 0) is 33.7 Å². The van der Waals surface area contributed by atoms with Crippen molar-refractivity contribution in [3.63, 3.8) is 0 Å². The molecule has 0 saturated heterocycles. The van der Waals surface area contributed by atoms with Gasteiger partial charge >= 0.3 is 37.9 Å². The molecule has 0 aromatic heterocycles. The summed E-state index contributed by atoms with van der Waals surface area (Å²) in [6, 6.07) is 38.3. The Hall–Kier alpha value is -1.83. The van der Waals surface area contributed by atoms with Crippen molar-refractivity contribution in [2.75, 3.05) is 0 Å². The first-order chi connectivity index (χ1) is 18.0. The molecule has 0 aliphatic carbocycles. The minimum Gasteiger partial charge on any atom is -0.184 e. The van der Waals surface area contributed by atoms with Crippen LogP contribution in [0.25, 0.3) is 33.0 Å². The molecular weight excluding hydrogens is 587 g/mol. The van der Waals surface area contributed by atoms with Gasteiger partial charge in [0.2, 0.25) is 0 Å². The maximum Gasteiger partial charge on any atom is 0.0920 e. The Labute approximate surface area is 242 Å². The predicted octanol–water partition coefficient (Wildman–Crippen LogP) is 8.49. The van der Waals surface area contributed by atoms with Crippen LogP contribution in [0.4, 0.5) is 0 Å². The number of benzene rings is 4. The number of halogens is 2. The van der Waals surface area contributed by atoms with Crippen molar-refractivity contribution in [1.29, 1.82) is 0 Å². The first-order valence-electron chi connectivity index (χ1n) is 12.7. The maximum absolute atomic E-state index is 4.93. The molecule has 6 rings (SSSR count). The van der Waals surface area contributed by atoms with E-state index in [1.54, 1.807) is 0 Å². The van der Waals surface area contributed by atoms with Gasteiger partial charge in [-0.25, -0.2) is 0 Å². The van der Waals surface area contributed by atoms with Gasteiger partial charge in [-0.15, -0.1) is 40.1 Å². The van der Waals surface area contributed by atoms with E-state index in [9.17, 15) is 0 Å². The van der Waals surface area contributed by atoms with Crippen LogP contribution in [0, 0.1) is 12.0 Å². The van der Waals surface area contributed by atoms with Gasteiger partial charge in [0, 0.05) is 0 Å². The Kier molecular flexibility index (Phi) is 10.5. The molecule has 2 radical (unpaired) electrons. The van der Waals surface area contributed by atoms with Gasteiger partial charge in [-0.2, -0.15) is 35.5 Å². The van der Waals surface area contributed by atoms with Crippen LogP contribution in [0.5, 0.6) is 0 Å². The van der Waals surface area contributed by atoms with Crippen molar-refractivity contribution in [3.05, 3.63) is 114 Å². The Balaban J connectivity index is 0.000000170. The minimum atomic E-state index is -0.826. The zero-order valence-corrected chi connectivity index (χ0v) is 26.5. The summed E-state index contributed by atoms with van der Waals surface area (Å²) < 4.78 is 0. The van der Waals surface area contributed by atoms with Gasteiger partial charge in [0.15, 0.2) is 0 Å². The number of hydrogen-bond acceptors (Lipinski definition) is 0. The third-order valence-electron chi connectivity index (χ3n) is 6.47. The normalized spacial score (nSPS) is 11.1. The van der Waals surface area contributed by atoms with Crippen molar-refractivity contribution in [2.45, 2.75) is 33.6 Å². The fourth-order valence-corrected chi connectivity index (χ4v) is 6.18. The molecule has 0 bridgehead atoms. The summed E-state index contributed by atoms with van der Waals surface area (Å²) in [5, 5.41) is 5.61. The van der Waals surface area contributed by atoms with Gasteiger partial charge in [-0.1, -0.05) is 97.2 Å². The molecule has 1 aliphatic heterocycles. The van der Waals surface area contributed by atoms with Gasteiger partial charge in [-0.3, -0.25) is 0 Å². The monoisotopic (exact) mass is 614 g/mol. The van der Waals surface area contributed by atoms with Gasteiger partial charge in [0.05, 0.1) is 9.52 Å². The summed E-state index contributed by atoms with van der Waals surface area (Å²) in [6.45, 7) is 6.81. The van der Waals surface area contributed by atoms with Gasteiger partial charge < -0.3 is 0 Å². The average Bonchev–Trinajstić information content (AvgIpc) is 3.51. The molecule has 0 spiro atoms. The van der Waals surface area contributed by atoms with E-state index in [0.717, 1.165) is 22.4 Å². The smallest absolute Gasteiger partial charge is 0.0920 e. The van der Waals surface area contributed by atoms with Crippen LogP contribution in [0.15, 0.2) is 97.1 Å². The van der Waals surface area contributed by atoms with E-state index >= 15 is 0 Å². The molecule has 0 nitrogen and oxygen atoms in total. The standard InChI is InChI=1S/C21H23.C12H7Si.2ClH.Zr/c1-4-16-13-18-10-11-19(12-15(2)3)21(20(18)14-16)17-8-6-5-7-9-17;1-3-7-11-9(5-1)10-6-2-4-8-12(10)13-11;;;/h5-11,13-15H,4,12H2,1-3H3;1-7H;2*1H;/q2*-1;;;+4/p-2. The second kappa shape index (κ2) is 13.8. The predicted molar refractivity (Wildman–Crippen MR) is 160 cm³/mol. The van der Waals surface area contributed by atoms with E-state index in [0.29, 0.717) is 5.92 Å². The van der Waals surface area contributed by atoms with Crippen LogP contribution in [-0.4, -0.2) is 9.52 Å². The Morgan fingerprint density at radius 3 is 2.32 bits per heavy atom.